The minimum Gasteiger partial charge on any atom is -0.319 e. The zero-order chi connectivity index (χ0) is 12.5. The maximum Gasteiger partial charge on any atom is 0.109 e. The first-order valence-electron chi connectivity index (χ1n) is 5.69. The second-order valence-corrected chi connectivity index (χ2v) is 7.98. The van der Waals surface area contributed by atoms with Crippen LogP contribution in [-0.2, 0) is 4.57 Å². The van der Waals surface area contributed by atoms with Gasteiger partial charge in [-0.2, -0.15) is 0 Å². The molecule has 0 saturated carbocycles. The van der Waals surface area contributed by atoms with Crippen LogP contribution in [-0.4, -0.2) is 13.3 Å². The molecule has 2 rings (SSSR count). The van der Waals surface area contributed by atoms with Crippen molar-refractivity contribution in [2.45, 2.75) is 6.92 Å². The van der Waals surface area contributed by atoms with Gasteiger partial charge < -0.3 is 4.57 Å². The first-order chi connectivity index (χ1) is 7.97. The summed E-state index contributed by atoms with van der Waals surface area (Å²) in [5.41, 5.74) is 3.63. The van der Waals surface area contributed by atoms with Crippen molar-refractivity contribution in [3.05, 3.63) is 54.1 Å². The van der Waals surface area contributed by atoms with Crippen LogP contribution in [0.3, 0.4) is 0 Å². The zero-order valence-electron chi connectivity index (χ0n) is 10.5. The van der Waals surface area contributed by atoms with Crippen LogP contribution in [0.5, 0.6) is 0 Å². The Morgan fingerprint density at radius 2 is 1.18 bits per heavy atom. The van der Waals surface area contributed by atoms with Gasteiger partial charge in [0.2, 0.25) is 0 Å². The molecule has 0 aliphatic rings. The monoisotopic (exact) mass is 244 g/mol. The summed E-state index contributed by atoms with van der Waals surface area (Å²) in [7, 11) is -2.14. The molecule has 0 unspecified atom stereocenters. The van der Waals surface area contributed by atoms with Crippen molar-refractivity contribution in [1.82, 2.24) is 0 Å². The molecule has 0 fully saturated rings. The van der Waals surface area contributed by atoms with Gasteiger partial charge in [0.15, 0.2) is 0 Å². The summed E-state index contributed by atoms with van der Waals surface area (Å²) in [6.45, 7) is 5.68. The van der Waals surface area contributed by atoms with Crippen molar-refractivity contribution in [3.8, 4) is 11.1 Å². The molecule has 0 N–H and O–H groups in total. The molecule has 88 valence electrons. The smallest absolute Gasteiger partial charge is 0.109 e. The molecule has 0 bridgehead atoms. The van der Waals surface area contributed by atoms with Crippen molar-refractivity contribution < 1.29 is 4.57 Å². The Kier molecular flexibility index (Phi) is 3.22. The highest BCUT2D eigenvalue weighted by atomic mass is 31.2. The van der Waals surface area contributed by atoms with E-state index < -0.39 is 7.14 Å². The molecule has 0 spiro atoms. The molecular weight excluding hydrogens is 227 g/mol. The van der Waals surface area contributed by atoms with E-state index in [1.54, 1.807) is 13.3 Å². The van der Waals surface area contributed by atoms with Crippen LogP contribution in [0.4, 0.5) is 0 Å². The van der Waals surface area contributed by atoms with Gasteiger partial charge in [-0.05, 0) is 31.4 Å². The highest BCUT2D eigenvalue weighted by molar-refractivity contribution is 7.70. The van der Waals surface area contributed by atoms with Gasteiger partial charge in [-0.3, -0.25) is 0 Å². The van der Waals surface area contributed by atoms with Gasteiger partial charge in [0, 0.05) is 5.30 Å². The molecule has 0 aliphatic heterocycles. The topological polar surface area (TPSA) is 17.1 Å². The van der Waals surface area contributed by atoms with E-state index in [2.05, 4.69) is 31.2 Å². The van der Waals surface area contributed by atoms with Crippen LogP contribution in [0.2, 0.25) is 0 Å². The first kappa shape index (κ1) is 12.1. The number of aryl methyl sites for hydroxylation is 1. The van der Waals surface area contributed by atoms with Crippen LogP contribution < -0.4 is 5.30 Å². The maximum atomic E-state index is 11.9. The zero-order valence-corrected chi connectivity index (χ0v) is 11.4. The van der Waals surface area contributed by atoms with Crippen LogP contribution in [0.1, 0.15) is 5.56 Å². The molecule has 0 saturated heterocycles. The highest BCUT2D eigenvalue weighted by Gasteiger charge is 2.10. The summed E-state index contributed by atoms with van der Waals surface area (Å²) in [4.78, 5) is 0. The molecular formula is C15H17OP. The standard InChI is InChI=1S/C15H17OP/c1-12-4-6-13(7-5-12)14-8-10-15(11-9-14)17(2,3)16/h4-11H,1-3H3. The highest BCUT2D eigenvalue weighted by Crippen LogP contribution is 2.35. The van der Waals surface area contributed by atoms with Crippen molar-refractivity contribution in [2.24, 2.45) is 0 Å². The fraction of sp³-hybridized carbons (Fsp3) is 0.200. The predicted octanol–water partition coefficient (Wildman–Crippen LogP) is 3.91. The molecule has 2 aromatic rings. The molecule has 0 atom stereocenters. The molecule has 17 heavy (non-hydrogen) atoms. The van der Waals surface area contributed by atoms with Gasteiger partial charge in [-0.15, -0.1) is 0 Å². The van der Waals surface area contributed by atoms with Gasteiger partial charge in [0.25, 0.3) is 0 Å². The minimum atomic E-state index is -2.14. The Hall–Kier alpha value is -1.33. The summed E-state index contributed by atoms with van der Waals surface area (Å²) in [6.07, 6.45) is 0. The Bertz CT molecular complexity index is 546. The number of benzene rings is 2. The lowest BCUT2D eigenvalue weighted by atomic mass is 10.0. The molecule has 0 heterocycles. The van der Waals surface area contributed by atoms with Gasteiger partial charge in [0.05, 0.1) is 0 Å². The summed E-state index contributed by atoms with van der Waals surface area (Å²) < 4.78 is 11.9. The molecule has 1 nitrogen and oxygen atoms in total. The Morgan fingerprint density at radius 3 is 1.59 bits per heavy atom. The lowest BCUT2D eigenvalue weighted by Crippen LogP contribution is -2.01. The average molecular weight is 244 g/mol. The van der Waals surface area contributed by atoms with E-state index in [1.165, 1.54) is 16.7 Å². The SMILES string of the molecule is Cc1ccc(-c2ccc(P(C)(C)=O)cc2)cc1. The molecule has 2 heteroatoms. The van der Waals surface area contributed by atoms with E-state index in [4.69, 9.17) is 0 Å². The summed E-state index contributed by atoms with van der Waals surface area (Å²) in [6, 6.07) is 16.5. The van der Waals surface area contributed by atoms with E-state index in [-0.39, 0.29) is 0 Å². The van der Waals surface area contributed by atoms with Crippen molar-refractivity contribution in [2.75, 3.05) is 13.3 Å². The maximum absolute atomic E-state index is 11.9. The van der Waals surface area contributed by atoms with Crippen LogP contribution in [0.15, 0.2) is 48.5 Å². The fourth-order valence-corrected chi connectivity index (χ4v) is 2.63. The summed E-state index contributed by atoms with van der Waals surface area (Å²) in [5.74, 6) is 0. The number of hydrogen-bond donors (Lipinski definition) is 0. The summed E-state index contributed by atoms with van der Waals surface area (Å²) >= 11 is 0. The third kappa shape index (κ3) is 2.87. The number of rotatable bonds is 2. The van der Waals surface area contributed by atoms with Crippen molar-refractivity contribution >= 4 is 12.4 Å². The molecule has 0 radical (unpaired) electrons. The van der Waals surface area contributed by atoms with Gasteiger partial charge in [-0.25, -0.2) is 0 Å². The first-order valence-corrected chi connectivity index (χ1v) is 8.29. The third-order valence-electron chi connectivity index (χ3n) is 2.87. The normalized spacial score (nSPS) is 11.5. The Labute approximate surface area is 103 Å². The average Bonchev–Trinajstić information content (AvgIpc) is 2.29. The van der Waals surface area contributed by atoms with Crippen molar-refractivity contribution in [1.29, 1.82) is 0 Å². The van der Waals surface area contributed by atoms with Crippen molar-refractivity contribution in [3.63, 3.8) is 0 Å². The van der Waals surface area contributed by atoms with Crippen LogP contribution in [0, 0.1) is 6.92 Å². The third-order valence-corrected chi connectivity index (χ3v) is 4.42. The largest absolute Gasteiger partial charge is 0.319 e. The molecule has 2 aromatic carbocycles. The predicted molar refractivity (Wildman–Crippen MR) is 75.7 cm³/mol. The Balaban J connectivity index is 2.36. The minimum absolute atomic E-state index is 0.938. The van der Waals surface area contributed by atoms with Gasteiger partial charge in [0.1, 0.15) is 7.14 Å². The van der Waals surface area contributed by atoms with Gasteiger partial charge >= 0.3 is 0 Å². The van der Waals surface area contributed by atoms with E-state index in [1.807, 2.05) is 24.3 Å². The van der Waals surface area contributed by atoms with E-state index in [9.17, 15) is 4.57 Å². The Morgan fingerprint density at radius 1 is 0.765 bits per heavy atom. The second kappa shape index (κ2) is 4.50. The lowest BCUT2D eigenvalue weighted by Gasteiger charge is -2.08. The fourth-order valence-electron chi connectivity index (χ4n) is 1.76. The van der Waals surface area contributed by atoms with E-state index in [0.717, 1.165) is 5.30 Å². The molecule has 0 aliphatic carbocycles. The van der Waals surface area contributed by atoms with Gasteiger partial charge in [-0.1, -0.05) is 54.1 Å². The quantitative estimate of drug-likeness (QED) is 0.732. The molecule has 0 aromatic heterocycles. The lowest BCUT2D eigenvalue weighted by molar-refractivity contribution is 0.588. The molecule has 0 amide bonds. The van der Waals surface area contributed by atoms with Crippen LogP contribution in [0.25, 0.3) is 11.1 Å². The van der Waals surface area contributed by atoms with E-state index in [0.29, 0.717) is 0 Å². The van der Waals surface area contributed by atoms with Crippen LogP contribution >= 0.6 is 7.14 Å². The van der Waals surface area contributed by atoms with E-state index >= 15 is 0 Å². The number of hydrogen-bond acceptors (Lipinski definition) is 1. The second-order valence-electron chi connectivity index (χ2n) is 4.76. The summed E-state index contributed by atoms with van der Waals surface area (Å²) in [5, 5.41) is 0.938.